The average molecular weight is 270 g/mol. The third-order valence-corrected chi connectivity index (χ3v) is 3.61. The Morgan fingerprint density at radius 3 is 2.61 bits per heavy atom. The third kappa shape index (κ3) is 3.33. The maximum atomic E-state index is 5.99. The number of hydrogen-bond donors (Lipinski definition) is 0. The molecule has 0 atom stereocenters. The molecule has 0 saturated heterocycles. The van der Waals surface area contributed by atoms with Crippen molar-refractivity contribution in [3.63, 3.8) is 0 Å². The van der Waals surface area contributed by atoms with Gasteiger partial charge in [-0.25, -0.2) is 4.98 Å². The minimum absolute atomic E-state index is 0.0445. The number of aromatic nitrogens is 2. The van der Waals surface area contributed by atoms with Crippen LogP contribution in [-0.4, -0.2) is 41.1 Å². The Morgan fingerprint density at radius 1 is 1.39 bits per heavy atom. The summed E-state index contributed by atoms with van der Waals surface area (Å²) in [6.07, 6.45) is 2.31. The van der Waals surface area contributed by atoms with Gasteiger partial charge in [-0.1, -0.05) is 11.6 Å². The summed E-state index contributed by atoms with van der Waals surface area (Å²) in [6, 6.07) is 1.68. The second-order valence-electron chi connectivity index (χ2n) is 5.66. The Balaban J connectivity index is 2.05. The summed E-state index contributed by atoms with van der Waals surface area (Å²) >= 11 is 5.99. The van der Waals surface area contributed by atoms with Crippen LogP contribution in [0.15, 0.2) is 6.07 Å². The van der Waals surface area contributed by atoms with E-state index in [0.717, 1.165) is 18.7 Å². The lowest BCUT2D eigenvalue weighted by atomic mass is 10.1. The highest BCUT2D eigenvalue weighted by Gasteiger charge is 2.28. The lowest BCUT2D eigenvalue weighted by Crippen LogP contribution is -2.43. The third-order valence-electron chi connectivity index (χ3n) is 3.42. The van der Waals surface area contributed by atoms with Crippen molar-refractivity contribution < 1.29 is 4.74 Å². The molecule has 0 N–H and O–H groups in total. The van der Waals surface area contributed by atoms with E-state index in [9.17, 15) is 0 Å². The van der Waals surface area contributed by atoms with E-state index in [1.165, 1.54) is 0 Å². The summed E-state index contributed by atoms with van der Waals surface area (Å²) in [5, 5.41) is 0.463. The van der Waals surface area contributed by atoms with Gasteiger partial charge in [0.15, 0.2) is 0 Å². The van der Waals surface area contributed by atoms with Crippen molar-refractivity contribution in [2.45, 2.75) is 38.1 Å². The molecule has 1 aliphatic carbocycles. The van der Waals surface area contributed by atoms with Crippen molar-refractivity contribution in [1.29, 1.82) is 0 Å². The Kier molecular flexibility index (Phi) is 3.78. The maximum absolute atomic E-state index is 5.99. The van der Waals surface area contributed by atoms with Crippen molar-refractivity contribution in [2.75, 3.05) is 20.7 Å². The highest BCUT2D eigenvalue weighted by atomic mass is 35.5. The van der Waals surface area contributed by atoms with Crippen LogP contribution in [0.4, 0.5) is 0 Å². The van der Waals surface area contributed by atoms with Gasteiger partial charge in [-0.05, 0) is 40.8 Å². The standard InChI is InChI=1S/C13H20ClN3O/c1-13(2,17(3)4)8-18-11-7-10(14)15-12(16-11)9-5-6-9/h7,9H,5-6,8H2,1-4H3. The van der Waals surface area contributed by atoms with E-state index in [0.29, 0.717) is 23.6 Å². The van der Waals surface area contributed by atoms with Crippen LogP contribution in [0.1, 0.15) is 38.4 Å². The first-order valence-electron chi connectivity index (χ1n) is 6.23. The highest BCUT2D eigenvalue weighted by Crippen LogP contribution is 2.39. The van der Waals surface area contributed by atoms with Gasteiger partial charge in [0.05, 0.1) is 0 Å². The molecule has 0 unspecified atom stereocenters. The van der Waals surface area contributed by atoms with Gasteiger partial charge in [0.2, 0.25) is 5.88 Å². The van der Waals surface area contributed by atoms with E-state index >= 15 is 0 Å². The number of ether oxygens (including phenoxy) is 1. The van der Waals surface area contributed by atoms with Gasteiger partial charge in [0.25, 0.3) is 0 Å². The van der Waals surface area contributed by atoms with Crippen molar-refractivity contribution in [3.05, 3.63) is 17.0 Å². The molecule has 0 aliphatic heterocycles. The first kappa shape index (κ1) is 13.6. The van der Waals surface area contributed by atoms with E-state index in [1.807, 2.05) is 14.1 Å². The summed E-state index contributed by atoms with van der Waals surface area (Å²) in [6.45, 7) is 4.81. The molecule has 1 aliphatic rings. The molecule has 1 fully saturated rings. The predicted octanol–water partition coefficient (Wildman–Crippen LogP) is 2.73. The Morgan fingerprint density at radius 2 is 2.06 bits per heavy atom. The molecule has 4 nitrogen and oxygen atoms in total. The van der Waals surface area contributed by atoms with Crippen LogP contribution in [0.5, 0.6) is 5.88 Å². The number of rotatable bonds is 5. The molecule has 1 saturated carbocycles. The second-order valence-corrected chi connectivity index (χ2v) is 6.04. The van der Waals surface area contributed by atoms with Gasteiger partial charge in [-0.3, -0.25) is 0 Å². The molecule has 5 heteroatoms. The minimum atomic E-state index is -0.0445. The lowest BCUT2D eigenvalue weighted by molar-refractivity contribution is 0.111. The minimum Gasteiger partial charge on any atom is -0.476 e. The SMILES string of the molecule is CN(C)C(C)(C)COc1cc(Cl)nc(C2CC2)n1. The summed E-state index contributed by atoms with van der Waals surface area (Å²) in [5.74, 6) is 1.87. The molecule has 0 aromatic carbocycles. The first-order valence-corrected chi connectivity index (χ1v) is 6.61. The van der Waals surface area contributed by atoms with Crippen LogP contribution in [0.2, 0.25) is 5.15 Å². The molecule has 0 radical (unpaired) electrons. The molecule has 2 rings (SSSR count). The van der Waals surface area contributed by atoms with Gasteiger partial charge >= 0.3 is 0 Å². The van der Waals surface area contributed by atoms with Gasteiger partial charge in [0, 0.05) is 17.5 Å². The Bertz CT molecular complexity index is 430. The van der Waals surface area contributed by atoms with Crippen LogP contribution in [0.3, 0.4) is 0 Å². The van der Waals surface area contributed by atoms with E-state index in [-0.39, 0.29) is 5.54 Å². The molecular weight excluding hydrogens is 250 g/mol. The fraction of sp³-hybridized carbons (Fsp3) is 0.692. The fourth-order valence-electron chi connectivity index (χ4n) is 1.39. The maximum Gasteiger partial charge on any atom is 0.218 e. The summed E-state index contributed by atoms with van der Waals surface area (Å²) in [7, 11) is 4.07. The largest absolute Gasteiger partial charge is 0.476 e. The van der Waals surface area contributed by atoms with Crippen molar-refractivity contribution in [3.8, 4) is 5.88 Å². The first-order chi connectivity index (χ1) is 8.38. The predicted molar refractivity (Wildman–Crippen MR) is 72.3 cm³/mol. The number of hydrogen-bond acceptors (Lipinski definition) is 4. The molecule has 18 heavy (non-hydrogen) atoms. The van der Waals surface area contributed by atoms with Crippen molar-refractivity contribution in [2.24, 2.45) is 0 Å². The molecule has 100 valence electrons. The van der Waals surface area contributed by atoms with E-state index < -0.39 is 0 Å². The van der Waals surface area contributed by atoms with E-state index in [1.54, 1.807) is 6.07 Å². The topological polar surface area (TPSA) is 38.2 Å². The normalized spacial score (nSPS) is 16.1. The second kappa shape index (κ2) is 5.02. The van der Waals surface area contributed by atoms with Gasteiger partial charge < -0.3 is 9.64 Å². The van der Waals surface area contributed by atoms with Gasteiger partial charge in [-0.2, -0.15) is 4.98 Å². The molecular formula is C13H20ClN3O. The number of halogens is 1. The van der Waals surface area contributed by atoms with Crippen LogP contribution in [0.25, 0.3) is 0 Å². The fourth-order valence-corrected chi connectivity index (χ4v) is 1.57. The van der Waals surface area contributed by atoms with Gasteiger partial charge in [0.1, 0.15) is 17.6 Å². The summed E-state index contributed by atoms with van der Waals surface area (Å²) < 4.78 is 5.75. The molecule has 0 bridgehead atoms. The van der Waals surface area contributed by atoms with E-state index in [4.69, 9.17) is 16.3 Å². The number of nitrogens with zero attached hydrogens (tertiary/aromatic N) is 3. The summed E-state index contributed by atoms with van der Waals surface area (Å²) in [5.41, 5.74) is -0.0445. The molecule has 1 aromatic rings. The molecule has 1 aromatic heterocycles. The lowest BCUT2D eigenvalue weighted by Gasteiger charge is -2.31. The Hall–Kier alpha value is -0.870. The monoisotopic (exact) mass is 269 g/mol. The van der Waals surface area contributed by atoms with E-state index in [2.05, 4.69) is 28.7 Å². The smallest absolute Gasteiger partial charge is 0.218 e. The van der Waals surface area contributed by atoms with Crippen LogP contribution in [-0.2, 0) is 0 Å². The van der Waals surface area contributed by atoms with Crippen LogP contribution >= 0.6 is 11.6 Å². The quantitative estimate of drug-likeness (QED) is 0.771. The van der Waals surface area contributed by atoms with Crippen molar-refractivity contribution in [1.82, 2.24) is 14.9 Å². The van der Waals surface area contributed by atoms with Crippen LogP contribution in [0, 0.1) is 0 Å². The average Bonchev–Trinajstić information content (AvgIpc) is 3.09. The zero-order valence-electron chi connectivity index (χ0n) is 11.4. The van der Waals surface area contributed by atoms with Gasteiger partial charge in [-0.15, -0.1) is 0 Å². The zero-order valence-corrected chi connectivity index (χ0v) is 12.2. The zero-order chi connectivity index (χ0) is 13.3. The highest BCUT2D eigenvalue weighted by molar-refractivity contribution is 6.29. The van der Waals surface area contributed by atoms with Crippen LogP contribution < -0.4 is 4.74 Å². The number of likely N-dealkylation sites (N-methyl/N-ethyl adjacent to an activating group) is 1. The molecule has 1 heterocycles. The summed E-state index contributed by atoms with van der Waals surface area (Å²) in [4.78, 5) is 10.8. The molecule has 0 spiro atoms. The molecule has 0 amide bonds. The Labute approximate surface area is 113 Å². The van der Waals surface area contributed by atoms with Crippen molar-refractivity contribution >= 4 is 11.6 Å².